The minimum absolute atomic E-state index is 0.256. The summed E-state index contributed by atoms with van der Waals surface area (Å²) in [5.41, 5.74) is 1.10. The molecule has 6 nitrogen and oxygen atoms in total. The number of hydrogen-bond acceptors (Lipinski definition) is 6. The molecule has 9 heteroatoms. The highest BCUT2D eigenvalue weighted by Gasteiger charge is 2.20. The van der Waals surface area contributed by atoms with Crippen LogP contribution in [-0.4, -0.2) is 16.0 Å². The molecule has 0 bridgehead atoms. The highest BCUT2D eigenvalue weighted by Crippen LogP contribution is 2.37. The number of rotatable bonds is 4. The van der Waals surface area contributed by atoms with Crippen molar-refractivity contribution in [1.82, 2.24) is 10.1 Å². The first-order valence-electron chi connectivity index (χ1n) is 8.76. The number of halogens is 2. The Balaban J connectivity index is 1.48. The molecule has 0 radical (unpaired) electrons. The zero-order valence-electron chi connectivity index (χ0n) is 15.1. The van der Waals surface area contributed by atoms with Crippen molar-refractivity contribution in [1.29, 1.82) is 0 Å². The van der Waals surface area contributed by atoms with Crippen molar-refractivity contribution in [2.24, 2.45) is 0 Å². The maximum absolute atomic E-state index is 13.0. The predicted octanol–water partition coefficient (Wildman–Crippen LogP) is 6.77. The number of anilines is 1. The minimum atomic E-state index is -0.337. The molecule has 0 aliphatic rings. The number of nitrogens with one attached hydrogen (secondary N) is 1. The molecule has 0 atom stereocenters. The number of aromatic nitrogens is 2. The van der Waals surface area contributed by atoms with Gasteiger partial charge in [-0.2, -0.15) is 4.98 Å². The molecular weight excluding hydrogens is 445 g/mol. The Labute approximate surface area is 184 Å². The van der Waals surface area contributed by atoms with Crippen LogP contribution in [0.4, 0.5) is 5.69 Å². The molecular formula is C21H11Cl2N3O3S. The van der Waals surface area contributed by atoms with E-state index in [2.05, 4.69) is 15.5 Å². The third-order valence-corrected chi connectivity index (χ3v) is 6.26. The topological polar surface area (TPSA) is 81.2 Å². The summed E-state index contributed by atoms with van der Waals surface area (Å²) in [5, 5.41) is 8.58. The van der Waals surface area contributed by atoms with E-state index >= 15 is 0 Å². The summed E-state index contributed by atoms with van der Waals surface area (Å²) in [6.07, 6.45) is 1.53. The molecule has 0 fully saturated rings. The fourth-order valence-electron chi connectivity index (χ4n) is 2.98. The van der Waals surface area contributed by atoms with Crippen molar-refractivity contribution < 1.29 is 13.7 Å². The summed E-state index contributed by atoms with van der Waals surface area (Å²) in [7, 11) is 0. The molecule has 0 spiro atoms. The van der Waals surface area contributed by atoms with Crippen LogP contribution in [0.15, 0.2) is 69.8 Å². The second-order valence-corrected chi connectivity index (χ2v) is 8.15. The fraction of sp³-hybridized carbons (Fsp3) is 0. The van der Waals surface area contributed by atoms with E-state index in [1.54, 1.807) is 48.5 Å². The highest BCUT2D eigenvalue weighted by molar-refractivity contribution is 7.21. The number of thiophene rings is 1. The number of carbonyl (C=O) groups excluding carboxylic acids is 1. The van der Waals surface area contributed by atoms with Crippen LogP contribution in [0.1, 0.15) is 9.67 Å². The van der Waals surface area contributed by atoms with Gasteiger partial charge in [-0.3, -0.25) is 4.79 Å². The van der Waals surface area contributed by atoms with E-state index < -0.39 is 0 Å². The number of nitrogens with zero attached hydrogens (tertiary/aromatic N) is 2. The highest BCUT2D eigenvalue weighted by atomic mass is 35.5. The Morgan fingerprint density at radius 3 is 2.77 bits per heavy atom. The predicted molar refractivity (Wildman–Crippen MR) is 117 cm³/mol. The van der Waals surface area contributed by atoms with E-state index in [1.165, 1.54) is 17.6 Å². The summed E-state index contributed by atoms with van der Waals surface area (Å²) in [4.78, 5) is 17.7. The monoisotopic (exact) mass is 455 g/mol. The lowest BCUT2D eigenvalue weighted by molar-refractivity contribution is 0.103. The van der Waals surface area contributed by atoms with E-state index in [0.717, 1.165) is 10.1 Å². The summed E-state index contributed by atoms with van der Waals surface area (Å²) in [5.74, 6) is 0.727. The SMILES string of the molecule is O=C(Nc1ccccc1-c1nc(-c2ccco2)no1)c1sc2cc(Cl)ccc2c1Cl. The van der Waals surface area contributed by atoms with Gasteiger partial charge in [-0.1, -0.05) is 46.6 Å². The van der Waals surface area contributed by atoms with Gasteiger partial charge in [-0.05, 0) is 36.4 Å². The van der Waals surface area contributed by atoms with Gasteiger partial charge >= 0.3 is 0 Å². The number of fused-ring (bicyclic) bond motifs is 1. The van der Waals surface area contributed by atoms with Crippen molar-refractivity contribution in [3.63, 3.8) is 0 Å². The van der Waals surface area contributed by atoms with Crippen molar-refractivity contribution in [3.8, 4) is 23.0 Å². The number of para-hydroxylation sites is 1. The third-order valence-electron chi connectivity index (χ3n) is 4.37. The quantitative estimate of drug-likeness (QED) is 0.323. The Morgan fingerprint density at radius 1 is 1.07 bits per heavy atom. The van der Waals surface area contributed by atoms with E-state index in [4.69, 9.17) is 32.1 Å². The maximum Gasteiger partial charge on any atom is 0.267 e. The number of furan rings is 1. The van der Waals surface area contributed by atoms with Crippen molar-refractivity contribution in [2.75, 3.05) is 5.32 Å². The molecule has 5 aromatic rings. The molecule has 3 aromatic heterocycles. The van der Waals surface area contributed by atoms with Crippen molar-refractivity contribution in [2.45, 2.75) is 0 Å². The summed E-state index contributed by atoms with van der Waals surface area (Å²) >= 11 is 13.8. The number of hydrogen-bond donors (Lipinski definition) is 1. The zero-order chi connectivity index (χ0) is 20.7. The normalized spacial score (nSPS) is 11.1. The van der Waals surface area contributed by atoms with E-state index in [1.807, 2.05) is 6.07 Å². The van der Waals surface area contributed by atoms with Gasteiger partial charge in [0, 0.05) is 15.1 Å². The number of amides is 1. The summed E-state index contributed by atoms with van der Waals surface area (Å²) in [6, 6.07) is 15.9. The van der Waals surface area contributed by atoms with E-state index in [0.29, 0.717) is 37.8 Å². The minimum Gasteiger partial charge on any atom is -0.461 e. The van der Waals surface area contributed by atoms with Crippen LogP contribution in [0.5, 0.6) is 0 Å². The number of carbonyl (C=O) groups is 1. The van der Waals surface area contributed by atoms with Crippen LogP contribution in [-0.2, 0) is 0 Å². The molecule has 3 heterocycles. The van der Waals surface area contributed by atoms with Gasteiger partial charge in [-0.15, -0.1) is 11.3 Å². The molecule has 1 amide bonds. The first-order valence-corrected chi connectivity index (χ1v) is 10.3. The molecule has 0 saturated heterocycles. The average molecular weight is 456 g/mol. The molecule has 0 aliphatic heterocycles. The van der Waals surface area contributed by atoms with Crippen LogP contribution in [0, 0.1) is 0 Å². The van der Waals surface area contributed by atoms with Crippen molar-refractivity contribution in [3.05, 3.63) is 75.8 Å². The van der Waals surface area contributed by atoms with Gasteiger partial charge in [0.25, 0.3) is 11.8 Å². The first kappa shape index (κ1) is 18.9. The summed E-state index contributed by atoms with van der Waals surface area (Å²) in [6.45, 7) is 0. The van der Waals surface area contributed by atoms with Crippen LogP contribution in [0.25, 0.3) is 33.1 Å². The van der Waals surface area contributed by atoms with Gasteiger partial charge < -0.3 is 14.3 Å². The lowest BCUT2D eigenvalue weighted by Gasteiger charge is -2.07. The van der Waals surface area contributed by atoms with Gasteiger partial charge in [0.2, 0.25) is 5.82 Å². The van der Waals surface area contributed by atoms with Gasteiger partial charge in [0.1, 0.15) is 4.88 Å². The molecule has 0 unspecified atom stereocenters. The Hall–Kier alpha value is -3.13. The second kappa shape index (κ2) is 7.60. The summed E-state index contributed by atoms with van der Waals surface area (Å²) < 4.78 is 11.5. The van der Waals surface area contributed by atoms with Gasteiger partial charge in [0.05, 0.1) is 22.5 Å². The zero-order valence-corrected chi connectivity index (χ0v) is 17.4. The third kappa shape index (κ3) is 3.37. The van der Waals surface area contributed by atoms with Crippen LogP contribution in [0.3, 0.4) is 0 Å². The Morgan fingerprint density at radius 2 is 1.93 bits per heavy atom. The molecule has 30 heavy (non-hydrogen) atoms. The molecule has 5 rings (SSSR count). The molecule has 0 aliphatic carbocycles. The number of benzene rings is 2. The fourth-order valence-corrected chi connectivity index (χ4v) is 4.67. The molecule has 0 saturated carbocycles. The van der Waals surface area contributed by atoms with E-state index in [-0.39, 0.29) is 11.8 Å². The van der Waals surface area contributed by atoms with Gasteiger partial charge in [-0.25, -0.2) is 0 Å². The smallest absolute Gasteiger partial charge is 0.267 e. The largest absolute Gasteiger partial charge is 0.461 e. The molecule has 2 aromatic carbocycles. The van der Waals surface area contributed by atoms with Crippen molar-refractivity contribution >= 4 is 56.2 Å². The second-order valence-electron chi connectivity index (χ2n) is 6.29. The molecule has 148 valence electrons. The average Bonchev–Trinajstić information content (AvgIpc) is 3.48. The Bertz CT molecular complexity index is 1380. The van der Waals surface area contributed by atoms with Crippen LogP contribution < -0.4 is 5.32 Å². The first-order chi connectivity index (χ1) is 14.6. The van der Waals surface area contributed by atoms with Crippen LogP contribution >= 0.6 is 34.5 Å². The Kier molecular flexibility index (Phi) is 4.78. The lowest BCUT2D eigenvalue weighted by Crippen LogP contribution is -2.11. The standard InChI is InChI=1S/C21H11Cl2N3O3S/c22-11-7-8-13-16(10-11)30-18(17(13)23)20(27)24-14-5-2-1-4-12(14)21-25-19(26-29-21)15-6-3-9-28-15/h1-10H,(H,24,27). The van der Waals surface area contributed by atoms with E-state index in [9.17, 15) is 4.79 Å². The van der Waals surface area contributed by atoms with Crippen LogP contribution in [0.2, 0.25) is 10.0 Å². The molecule has 1 N–H and O–H groups in total. The van der Waals surface area contributed by atoms with Gasteiger partial charge in [0.15, 0.2) is 5.76 Å². The lowest BCUT2D eigenvalue weighted by atomic mass is 10.1. The maximum atomic E-state index is 13.0.